The van der Waals surface area contributed by atoms with Gasteiger partial charge in [-0.2, -0.15) is 0 Å². The number of ether oxygens (including phenoxy) is 1. The third-order valence-corrected chi connectivity index (χ3v) is 6.05. The molecule has 0 spiro atoms. The molecule has 3 unspecified atom stereocenters. The summed E-state index contributed by atoms with van der Waals surface area (Å²) in [7, 11) is 1.97. The van der Waals surface area contributed by atoms with Gasteiger partial charge in [-0.1, -0.05) is 20.8 Å². The molecule has 0 aromatic heterocycles. The van der Waals surface area contributed by atoms with Crippen LogP contribution in [0, 0.1) is 23.2 Å². The maximum absolute atomic E-state index is 12.9. The molecule has 1 aliphatic carbocycles. The summed E-state index contributed by atoms with van der Waals surface area (Å²) in [6.45, 7) is 9.17. The van der Waals surface area contributed by atoms with Crippen LogP contribution in [0.1, 0.15) is 46.5 Å². The second kappa shape index (κ2) is 6.66. The minimum atomic E-state index is -0.0152. The van der Waals surface area contributed by atoms with Gasteiger partial charge >= 0.3 is 0 Å². The van der Waals surface area contributed by atoms with Crippen LogP contribution in [-0.4, -0.2) is 43.7 Å². The number of hydrogen-bond donors (Lipinski definition) is 1. The van der Waals surface area contributed by atoms with Crippen LogP contribution >= 0.6 is 0 Å². The first-order valence-electron chi connectivity index (χ1n) is 8.42. The highest BCUT2D eigenvalue weighted by molar-refractivity contribution is 5.79. The van der Waals surface area contributed by atoms with E-state index in [1.54, 1.807) is 0 Å². The van der Waals surface area contributed by atoms with Crippen LogP contribution in [0.15, 0.2) is 0 Å². The molecule has 1 saturated carbocycles. The second-order valence-electron chi connectivity index (χ2n) is 7.68. The van der Waals surface area contributed by atoms with Gasteiger partial charge in [0.1, 0.15) is 0 Å². The van der Waals surface area contributed by atoms with E-state index < -0.39 is 0 Å². The van der Waals surface area contributed by atoms with Crippen LogP contribution < -0.4 is 5.73 Å². The Morgan fingerprint density at radius 2 is 1.86 bits per heavy atom. The number of carbonyl (C=O) groups is 1. The molecule has 1 saturated heterocycles. The molecule has 0 aromatic carbocycles. The topological polar surface area (TPSA) is 55.6 Å². The number of nitrogens with zero attached hydrogens (tertiary/aromatic N) is 1. The quantitative estimate of drug-likeness (QED) is 0.869. The fraction of sp³-hybridized carbons (Fsp3) is 0.941. The zero-order chi connectivity index (χ0) is 15.6. The summed E-state index contributed by atoms with van der Waals surface area (Å²) in [6.07, 6.45) is 4.04. The van der Waals surface area contributed by atoms with E-state index in [1.165, 1.54) is 0 Å². The molecule has 21 heavy (non-hydrogen) atoms. The summed E-state index contributed by atoms with van der Waals surface area (Å²) >= 11 is 0. The number of hydrogen-bond acceptors (Lipinski definition) is 3. The van der Waals surface area contributed by atoms with Crippen LogP contribution in [0.4, 0.5) is 0 Å². The molecule has 2 aliphatic rings. The predicted octanol–water partition coefficient (Wildman–Crippen LogP) is 2.27. The van der Waals surface area contributed by atoms with Gasteiger partial charge in [-0.25, -0.2) is 0 Å². The Labute approximate surface area is 129 Å². The van der Waals surface area contributed by atoms with Gasteiger partial charge in [-0.15, -0.1) is 0 Å². The molecular weight excluding hydrogens is 264 g/mol. The van der Waals surface area contributed by atoms with Crippen LogP contribution in [0.5, 0.6) is 0 Å². The normalized spacial score (nSPS) is 33.7. The van der Waals surface area contributed by atoms with Crippen molar-refractivity contribution in [3.63, 3.8) is 0 Å². The lowest BCUT2D eigenvalue weighted by atomic mass is 9.60. The molecule has 1 amide bonds. The Morgan fingerprint density at radius 1 is 1.24 bits per heavy atom. The second-order valence-corrected chi connectivity index (χ2v) is 7.68. The Hall–Kier alpha value is -0.610. The lowest BCUT2D eigenvalue weighted by Gasteiger charge is -2.47. The molecular formula is C17H32N2O2. The van der Waals surface area contributed by atoms with E-state index >= 15 is 0 Å². The van der Waals surface area contributed by atoms with Crippen LogP contribution in [-0.2, 0) is 9.53 Å². The highest BCUT2D eigenvalue weighted by Gasteiger charge is 2.45. The SMILES string of the molecule is CC1C(N)CCC(C(=O)N(C)CC2CCOCC2)C1(C)C. The fourth-order valence-corrected chi connectivity index (χ4v) is 3.96. The molecule has 2 rings (SSSR count). The average Bonchev–Trinajstić information content (AvgIpc) is 2.45. The van der Waals surface area contributed by atoms with Gasteiger partial charge in [-0.05, 0) is 42.9 Å². The molecule has 0 bridgehead atoms. The zero-order valence-corrected chi connectivity index (χ0v) is 14.1. The standard InChI is InChI=1S/C17H32N2O2/c1-12-15(18)6-5-14(17(12,2)3)16(20)19(4)11-13-7-9-21-10-8-13/h12-15H,5-11,18H2,1-4H3. The van der Waals surface area contributed by atoms with Crippen molar-refractivity contribution in [1.82, 2.24) is 4.90 Å². The fourth-order valence-electron chi connectivity index (χ4n) is 3.96. The highest BCUT2D eigenvalue weighted by atomic mass is 16.5. The average molecular weight is 296 g/mol. The first-order chi connectivity index (χ1) is 9.84. The summed E-state index contributed by atoms with van der Waals surface area (Å²) in [5.41, 5.74) is 6.19. The maximum Gasteiger partial charge on any atom is 0.225 e. The molecule has 4 nitrogen and oxygen atoms in total. The van der Waals surface area contributed by atoms with E-state index in [0.717, 1.165) is 45.4 Å². The minimum Gasteiger partial charge on any atom is -0.381 e. The van der Waals surface area contributed by atoms with Gasteiger partial charge in [-0.3, -0.25) is 4.79 Å². The van der Waals surface area contributed by atoms with E-state index in [0.29, 0.717) is 17.7 Å². The summed E-state index contributed by atoms with van der Waals surface area (Å²) < 4.78 is 5.40. The molecule has 2 fully saturated rings. The zero-order valence-electron chi connectivity index (χ0n) is 14.1. The highest BCUT2D eigenvalue weighted by Crippen LogP contribution is 2.45. The van der Waals surface area contributed by atoms with Crippen molar-refractivity contribution in [1.29, 1.82) is 0 Å². The van der Waals surface area contributed by atoms with Crippen molar-refractivity contribution in [3.05, 3.63) is 0 Å². The summed E-state index contributed by atoms with van der Waals surface area (Å²) in [5, 5.41) is 0. The lowest BCUT2D eigenvalue weighted by molar-refractivity contribution is -0.143. The van der Waals surface area contributed by atoms with Crippen molar-refractivity contribution in [2.75, 3.05) is 26.8 Å². The number of amides is 1. The van der Waals surface area contributed by atoms with Gasteiger partial charge < -0.3 is 15.4 Å². The lowest BCUT2D eigenvalue weighted by Crippen LogP contribution is -2.52. The summed E-state index contributed by atoms with van der Waals surface area (Å²) in [4.78, 5) is 14.9. The van der Waals surface area contributed by atoms with Crippen molar-refractivity contribution in [3.8, 4) is 0 Å². The van der Waals surface area contributed by atoms with Gasteiger partial charge in [0, 0.05) is 38.8 Å². The first-order valence-corrected chi connectivity index (χ1v) is 8.42. The Balaban J connectivity index is 1.97. The van der Waals surface area contributed by atoms with Crippen molar-refractivity contribution < 1.29 is 9.53 Å². The van der Waals surface area contributed by atoms with Crippen molar-refractivity contribution >= 4 is 5.91 Å². The minimum absolute atomic E-state index is 0.0152. The van der Waals surface area contributed by atoms with Crippen LogP contribution in [0.25, 0.3) is 0 Å². The third-order valence-electron chi connectivity index (χ3n) is 6.05. The molecule has 1 aliphatic heterocycles. The smallest absolute Gasteiger partial charge is 0.225 e. The molecule has 1 heterocycles. The number of nitrogens with two attached hydrogens (primary N) is 1. The van der Waals surface area contributed by atoms with E-state index in [1.807, 2.05) is 11.9 Å². The van der Waals surface area contributed by atoms with Gasteiger partial charge in [0.2, 0.25) is 5.91 Å². The number of rotatable bonds is 3. The number of carbonyl (C=O) groups excluding carboxylic acids is 1. The summed E-state index contributed by atoms with van der Waals surface area (Å²) in [5.74, 6) is 1.40. The van der Waals surface area contributed by atoms with Gasteiger partial charge in [0.15, 0.2) is 0 Å². The van der Waals surface area contributed by atoms with Gasteiger partial charge in [0.25, 0.3) is 0 Å². The largest absolute Gasteiger partial charge is 0.381 e. The Morgan fingerprint density at radius 3 is 2.48 bits per heavy atom. The van der Waals surface area contributed by atoms with E-state index in [9.17, 15) is 4.79 Å². The molecule has 2 N–H and O–H groups in total. The molecule has 0 aromatic rings. The van der Waals surface area contributed by atoms with Crippen molar-refractivity contribution in [2.24, 2.45) is 28.9 Å². The molecule has 3 atom stereocenters. The monoisotopic (exact) mass is 296 g/mol. The predicted molar refractivity (Wildman–Crippen MR) is 84.8 cm³/mol. The molecule has 0 radical (unpaired) electrons. The van der Waals surface area contributed by atoms with Crippen molar-refractivity contribution in [2.45, 2.75) is 52.5 Å². The van der Waals surface area contributed by atoms with E-state index in [-0.39, 0.29) is 17.4 Å². The molecule has 122 valence electrons. The third kappa shape index (κ3) is 3.59. The maximum atomic E-state index is 12.9. The molecule has 4 heteroatoms. The first kappa shape index (κ1) is 16.8. The van der Waals surface area contributed by atoms with E-state index in [4.69, 9.17) is 10.5 Å². The van der Waals surface area contributed by atoms with Crippen LogP contribution in [0.2, 0.25) is 0 Å². The Bertz CT molecular complexity index is 364. The van der Waals surface area contributed by atoms with Gasteiger partial charge in [0.05, 0.1) is 0 Å². The van der Waals surface area contributed by atoms with E-state index in [2.05, 4.69) is 20.8 Å². The van der Waals surface area contributed by atoms with Crippen LogP contribution in [0.3, 0.4) is 0 Å². The Kier molecular flexibility index (Phi) is 5.31. The summed E-state index contributed by atoms with van der Waals surface area (Å²) in [6, 6.07) is 0.227.